The van der Waals surface area contributed by atoms with Crippen LogP contribution in [0, 0.1) is 0 Å². The number of hydrogen-bond acceptors (Lipinski definition) is 6. The highest BCUT2D eigenvalue weighted by Gasteiger charge is 2.19. The first-order valence-electron chi connectivity index (χ1n) is 28.9. The van der Waals surface area contributed by atoms with Crippen molar-refractivity contribution in [3.63, 3.8) is 0 Å². The number of ether oxygens (including phenoxy) is 3. The standard InChI is InChI=1S/C62H108O6/c1-4-7-10-13-16-19-22-25-28-30-31-33-34-37-40-43-46-49-52-55-61(64)67-58-59(57-66-60(63)54-51-48-45-42-39-36-27-24-21-18-15-12-9-6-3)68-62(65)56-53-50-47-44-41-38-35-32-29-26-23-20-17-14-11-8-5-2/h7,10,16,19,25-26,28-29,31,33,36,39,59H,4-6,8-9,11-15,17-18,20-24,27,30,32,34-35,37-38,40-58H2,1-3H3/b10-7-,19-16-,28-25-,29-26-,33-31-,39-36-. The van der Waals surface area contributed by atoms with Gasteiger partial charge in [-0.1, -0.05) is 229 Å². The van der Waals surface area contributed by atoms with E-state index in [2.05, 4.69) is 93.7 Å². The molecular formula is C62H108O6. The maximum absolute atomic E-state index is 12.9. The highest BCUT2D eigenvalue weighted by atomic mass is 16.6. The van der Waals surface area contributed by atoms with Gasteiger partial charge in [0.15, 0.2) is 6.10 Å². The second kappa shape index (κ2) is 56.4. The molecule has 6 nitrogen and oxygen atoms in total. The average Bonchev–Trinajstić information content (AvgIpc) is 3.34. The number of hydrogen-bond donors (Lipinski definition) is 0. The van der Waals surface area contributed by atoms with E-state index in [4.69, 9.17) is 14.2 Å². The maximum Gasteiger partial charge on any atom is 0.306 e. The molecule has 0 fully saturated rings. The lowest BCUT2D eigenvalue weighted by Crippen LogP contribution is -2.30. The molecule has 0 aromatic heterocycles. The minimum absolute atomic E-state index is 0.0887. The minimum atomic E-state index is -0.790. The van der Waals surface area contributed by atoms with Gasteiger partial charge in [0.1, 0.15) is 13.2 Å². The third-order valence-corrected chi connectivity index (χ3v) is 12.4. The lowest BCUT2D eigenvalue weighted by molar-refractivity contribution is -0.167. The number of esters is 3. The number of carbonyl (C=O) groups excluding carboxylic acids is 3. The fourth-order valence-electron chi connectivity index (χ4n) is 8.07. The van der Waals surface area contributed by atoms with Gasteiger partial charge < -0.3 is 14.2 Å². The van der Waals surface area contributed by atoms with Crippen molar-refractivity contribution in [3.05, 3.63) is 72.9 Å². The Balaban J connectivity index is 4.42. The van der Waals surface area contributed by atoms with Gasteiger partial charge in [0.25, 0.3) is 0 Å². The predicted molar refractivity (Wildman–Crippen MR) is 293 cm³/mol. The lowest BCUT2D eigenvalue weighted by atomic mass is 10.1. The van der Waals surface area contributed by atoms with Crippen molar-refractivity contribution in [1.82, 2.24) is 0 Å². The van der Waals surface area contributed by atoms with Crippen molar-refractivity contribution in [1.29, 1.82) is 0 Å². The van der Waals surface area contributed by atoms with Crippen molar-refractivity contribution < 1.29 is 28.6 Å². The van der Waals surface area contributed by atoms with Crippen LogP contribution in [0.4, 0.5) is 0 Å². The molecule has 0 aliphatic heterocycles. The summed E-state index contributed by atoms with van der Waals surface area (Å²) in [6.45, 7) is 6.51. The summed E-state index contributed by atoms with van der Waals surface area (Å²) < 4.78 is 16.9. The molecule has 0 aliphatic rings. The van der Waals surface area contributed by atoms with Gasteiger partial charge in [0, 0.05) is 19.3 Å². The minimum Gasteiger partial charge on any atom is -0.462 e. The molecule has 0 rings (SSSR count). The Bertz CT molecular complexity index is 1270. The van der Waals surface area contributed by atoms with Crippen LogP contribution in [0.3, 0.4) is 0 Å². The van der Waals surface area contributed by atoms with Crippen LogP contribution in [-0.2, 0) is 28.6 Å². The molecule has 392 valence electrons. The molecular weight excluding hydrogens is 841 g/mol. The van der Waals surface area contributed by atoms with Crippen molar-refractivity contribution in [2.45, 2.75) is 290 Å². The Labute approximate surface area is 421 Å². The van der Waals surface area contributed by atoms with Gasteiger partial charge in [-0.15, -0.1) is 0 Å². The van der Waals surface area contributed by atoms with Crippen LogP contribution < -0.4 is 0 Å². The third kappa shape index (κ3) is 53.8. The Morgan fingerprint density at radius 3 is 0.926 bits per heavy atom. The van der Waals surface area contributed by atoms with E-state index in [1.54, 1.807) is 0 Å². The molecule has 0 heterocycles. The fourth-order valence-corrected chi connectivity index (χ4v) is 8.07. The summed E-state index contributed by atoms with van der Waals surface area (Å²) in [6, 6.07) is 0. The van der Waals surface area contributed by atoms with Gasteiger partial charge in [-0.05, 0) is 109 Å². The topological polar surface area (TPSA) is 78.9 Å². The van der Waals surface area contributed by atoms with Gasteiger partial charge >= 0.3 is 17.9 Å². The van der Waals surface area contributed by atoms with Crippen molar-refractivity contribution in [2.24, 2.45) is 0 Å². The van der Waals surface area contributed by atoms with Crippen molar-refractivity contribution in [3.8, 4) is 0 Å². The molecule has 0 saturated heterocycles. The zero-order valence-corrected chi connectivity index (χ0v) is 44.9. The van der Waals surface area contributed by atoms with Crippen molar-refractivity contribution >= 4 is 17.9 Å². The second-order valence-corrected chi connectivity index (χ2v) is 19.2. The van der Waals surface area contributed by atoms with Crippen LogP contribution in [0.2, 0.25) is 0 Å². The van der Waals surface area contributed by atoms with E-state index in [1.165, 1.54) is 141 Å². The van der Waals surface area contributed by atoms with E-state index in [9.17, 15) is 14.4 Å². The Hall–Kier alpha value is -3.15. The van der Waals surface area contributed by atoms with Gasteiger partial charge in [0.05, 0.1) is 0 Å². The molecule has 1 unspecified atom stereocenters. The number of allylic oxidation sites excluding steroid dienone is 12. The van der Waals surface area contributed by atoms with E-state index in [0.717, 1.165) is 103 Å². The van der Waals surface area contributed by atoms with Gasteiger partial charge in [0.2, 0.25) is 0 Å². The van der Waals surface area contributed by atoms with E-state index in [1.807, 2.05) is 0 Å². The molecule has 0 radical (unpaired) electrons. The zero-order chi connectivity index (χ0) is 49.3. The summed E-state index contributed by atoms with van der Waals surface area (Å²) in [5, 5.41) is 0. The van der Waals surface area contributed by atoms with Crippen LogP contribution in [0.15, 0.2) is 72.9 Å². The smallest absolute Gasteiger partial charge is 0.306 e. The molecule has 6 heteroatoms. The first-order valence-corrected chi connectivity index (χ1v) is 28.9. The van der Waals surface area contributed by atoms with Crippen LogP contribution in [-0.4, -0.2) is 37.2 Å². The molecule has 68 heavy (non-hydrogen) atoms. The van der Waals surface area contributed by atoms with Crippen LogP contribution in [0.5, 0.6) is 0 Å². The van der Waals surface area contributed by atoms with Gasteiger partial charge in [-0.2, -0.15) is 0 Å². The molecule has 0 aromatic rings. The molecule has 0 aromatic carbocycles. The maximum atomic E-state index is 12.9. The Morgan fingerprint density at radius 2 is 0.574 bits per heavy atom. The molecule has 0 saturated carbocycles. The molecule has 0 N–H and O–H groups in total. The summed E-state index contributed by atoms with van der Waals surface area (Å²) in [5.41, 5.74) is 0. The summed E-state index contributed by atoms with van der Waals surface area (Å²) in [5.74, 6) is -0.913. The first kappa shape index (κ1) is 64.8. The van der Waals surface area contributed by atoms with Crippen LogP contribution in [0.25, 0.3) is 0 Å². The average molecular weight is 950 g/mol. The van der Waals surface area contributed by atoms with E-state index in [0.29, 0.717) is 19.3 Å². The number of rotatable bonds is 52. The molecule has 1 atom stereocenters. The highest BCUT2D eigenvalue weighted by Crippen LogP contribution is 2.15. The monoisotopic (exact) mass is 949 g/mol. The predicted octanol–water partition coefficient (Wildman–Crippen LogP) is 19.4. The summed E-state index contributed by atoms with van der Waals surface area (Å²) in [6.07, 6.45) is 71.7. The third-order valence-electron chi connectivity index (χ3n) is 12.4. The van der Waals surface area contributed by atoms with E-state index in [-0.39, 0.29) is 31.1 Å². The quantitative estimate of drug-likeness (QED) is 0.0262. The summed E-state index contributed by atoms with van der Waals surface area (Å²) in [7, 11) is 0. The second-order valence-electron chi connectivity index (χ2n) is 19.2. The van der Waals surface area contributed by atoms with Crippen molar-refractivity contribution in [2.75, 3.05) is 13.2 Å². The summed E-state index contributed by atoms with van der Waals surface area (Å²) in [4.78, 5) is 38.2. The Morgan fingerprint density at radius 1 is 0.309 bits per heavy atom. The molecule has 0 bridgehead atoms. The molecule has 0 amide bonds. The van der Waals surface area contributed by atoms with Gasteiger partial charge in [-0.3, -0.25) is 14.4 Å². The van der Waals surface area contributed by atoms with E-state index >= 15 is 0 Å². The molecule has 0 aliphatic carbocycles. The summed E-state index contributed by atoms with van der Waals surface area (Å²) >= 11 is 0. The first-order chi connectivity index (χ1) is 33.5. The van der Waals surface area contributed by atoms with Crippen LogP contribution >= 0.6 is 0 Å². The Kier molecular flexibility index (Phi) is 53.8. The fraction of sp³-hybridized carbons (Fsp3) is 0.758. The normalized spacial score (nSPS) is 12.6. The van der Waals surface area contributed by atoms with E-state index < -0.39 is 6.10 Å². The highest BCUT2D eigenvalue weighted by molar-refractivity contribution is 5.71. The number of carbonyl (C=O) groups is 3. The lowest BCUT2D eigenvalue weighted by Gasteiger charge is -2.18. The SMILES string of the molecule is CC/C=C\C/C=C\C/C=C\C/C=C\CCCCCCCCC(=O)OCC(COC(=O)CCCCC/C=C\CCCCCCCCC)OC(=O)CCCCCCCCC/C=C\CCCCCCCC. The van der Waals surface area contributed by atoms with Gasteiger partial charge in [-0.25, -0.2) is 0 Å². The zero-order valence-electron chi connectivity index (χ0n) is 44.9. The number of unbranched alkanes of at least 4 members (excludes halogenated alkanes) is 29. The largest absolute Gasteiger partial charge is 0.462 e. The molecule has 0 spiro atoms. The van der Waals surface area contributed by atoms with Crippen LogP contribution in [0.1, 0.15) is 284 Å².